The monoisotopic (exact) mass is 342 g/mol. The summed E-state index contributed by atoms with van der Waals surface area (Å²) in [5, 5.41) is 3.86. The van der Waals surface area contributed by atoms with Crippen LogP contribution < -0.4 is 5.32 Å². The van der Waals surface area contributed by atoms with Crippen LogP contribution in [0.1, 0.15) is 30.5 Å². The number of aryl methyl sites for hydroxylation is 1. The molecule has 0 aliphatic carbocycles. The van der Waals surface area contributed by atoms with Crippen molar-refractivity contribution in [3.63, 3.8) is 0 Å². The molecule has 0 unspecified atom stereocenters. The topological polar surface area (TPSA) is 15.3 Å². The molecule has 6 heteroatoms. The Morgan fingerprint density at radius 3 is 2.45 bits per heavy atom. The SMILES string of the molecule is CC[C@@H](c1c(Cl)ccc(C)c1F)N1CCNCC1.Cl.Cl. The molecule has 0 bridgehead atoms. The number of benzene rings is 1. The van der Waals surface area contributed by atoms with Crippen LogP contribution in [-0.4, -0.2) is 31.1 Å². The second-order valence-corrected chi connectivity index (χ2v) is 5.21. The molecule has 116 valence electrons. The summed E-state index contributed by atoms with van der Waals surface area (Å²) >= 11 is 6.21. The molecule has 1 atom stereocenters. The lowest BCUT2D eigenvalue weighted by atomic mass is 9.99. The number of hydrogen-bond donors (Lipinski definition) is 1. The van der Waals surface area contributed by atoms with E-state index in [0.717, 1.165) is 32.6 Å². The predicted molar refractivity (Wildman–Crippen MR) is 88.1 cm³/mol. The molecule has 1 fully saturated rings. The normalized spacial score (nSPS) is 17.0. The van der Waals surface area contributed by atoms with Gasteiger partial charge in [0.2, 0.25) is 0 Å². The molecule has 2 rings (SSSR count). The molecular formula is C14H22Cl3FN2. The Kier molecular flexibility index (Phi) is 9.03. The molecule has 1 aromatic rings. The van der Waals surface area contributed by atoms with E-state index in [-0.39, 0.29) is 36.7 Å². The summed E-state index contributed by atoms with van der Waals surface area (Å²) in [5.74, 6) is -0.145. The van der Waals surface area contributed by atoms with Gasteiger partial charge in [0.15, 0.2) is 0 Å². The Bertz CT molecular complexity index is 423. The number of hydrogen-bond acceptors (Lipinski definition) is 2. The van der Waals surface area contributed by atoms with Crippen LogP contribution in [0, 0.1) is 12.7 Å². The first-order valence-electron chi connectivity index (χ1n) is 6.54. The molecule has 20 heavy (non-hydrogen) atoms. The van der Waals surface area contributed by atoms with Crippen LogP contribution in [-0.2, 0) is 0 Å². The zero-order valence-corrected chi connectivity index (χ0v) is 14.2. The number of halogens is 4. The first kappa shape index (κ1) is 19.9. The first-order chi connectivity index (χ1) is 8.65. The van der Waals surface area contributed by atoms with Crippen LogP contribution in [0.4, 0.5) is 4.39 Å². The minimum absolute atomic E-state index is 0. The number of nitrogens with one attached hydrogen (secondary N) is 1. The molecule has 1 aliphatic rings. The van der Waals surface area contributed by atoms with Crippen LogP contribution >= 0.6 is 36.4 Å². The second-order valence-electron chi connectivity index (χ2n) is 4.80. The lowest BCUT2D eigenvalue weighted by Gasteiger charge is -2.35. The quantitative estimate of drug-likeness (QED) is 0.893. The highest BCUT2D eigenvalue weighted by Crippen LogP contribution is 2.33. The fourth-order valence-corrected chi connectivity index (χ4v) is 2.89. The minimum Gasteiger partial charge on any atom is -0.314 e. The minimum atomic E-state index is -0.145. The average molecular weight is 344 g/mol. The summed E-state index contributed by atoms with van der Waals surface area (Å²) in [5.41, 5.74) is 1.34. The third kappa shape index (κ3) is 4.22. The highest BCUT2D eigenvalue weighted by Gasteiger charge is 2.25. The molecule has 0 amide bonds. The summed E-state index contributed by atoms with van der Waals surface area (Å²) in [6.45, 7) is 7.69. The van der Waals surface area contributed by atoms with Gasteiger partial charge in [0.05, 0.1) is 0 Å². The standard InChI is InChI=1S/C14H20ClFN2.2ClH/c1-3-12(18-8-6-17-7-9-18)13-11(15)5-4-10(2)14(13)16;;/h4-5,12,17H,3,6-9H2,1-2H3;2*1H/t12-;;/m0../s1. The second kappa shape index (κ2) is 9.06. The lowest BCUT2D eigenvalue weighted by molar-refractivity contribution is 0.166. The maximum Gasteiger partial charge on any atom is 0.132 e. The Morgan fingerprint density at radius 2 is 1.90 bits per heavy atom. The van der Waals surface area contributed by atoms with Crippen LogP contribution in [0.15, 0.2) is 12.1 Å². The van der Waals surface area contributed by atoms with Gasteiger partial charge in [-0.05, 0) is 25.0 Å². The number of rotatable bonds is 3. The van der Waals surface area contributed by atoms with Crippen molar-refractivity contribution < 1.29 is 4.39 Å². The molecule has 1 aliphatic heterocycles. The van der Waals surface area contributed by atoms with Gasteiger partial charge in [-0.15, -0.1) is 24.8 Å². The maximum absolute atomic E-state index is 14.3. The van der Waals surface area contributed by atoms with Gasteiger partial charge in [0, 0.05) is 42.8 Å². The molecule has 1 saturated heterocycles. The van der Waals surface area contributed by atoms with Gasteiger partial charge in [-0.3, -0.25) is 4.90 Å². The molecular weight excluding hydrogens is 322 g/mol. The van der Waals surface area contributed by atoms with E-state index in [2.05, 4.69) is 17.1 Å². The third-order valence-electron chi connectivity index (χ3n) is 3.63. The predicted octanol–water partition coefficient (Wildman–Crippen LogP) is 3.99. The zero-order valence-electron chi connectivity index (χ0n) is 11.8. The van der Waals surface area contributed by atoms with Gasteiger partial charge in [0.25, 0.3) is 0 Å². The van der Waals surface area contributed by atoms with Crippen molar-refractivity contribution in [3.05, 3.63) is 34.1 Å². The van der Waals surface area contributed by atoms with E-state index in [0.29, 0.717) is 16.1 Å². The Morgan fingerprint density at radius 1 is 1.30 bits per heavy atom. The van der Waals surface area contributed by atoms with Crippen molar-refractivity contribution in [2.24, 2.45) is 0 Å². The van der Waals surface area contributed by atoms with Crippen molar-refractivity contribution in [3.8, 4) is 0 Å². The van der Waals surface area contributed by atoms with Crippen LogP contribution in [0.25, 0.3) is 0 Å². The summed E-state index contributed by atoms with van der Waals surface area (Å²) in [6.07, 6.45) is 0.875. The van der Waals surface area contributed by atoms with Crippen molar-refractivity contribution in [1.29, 1.82) is 0 Å². The first-order valence-corrected chi connectivity index (χ1v) is 6.92. The number of nitrogens with zero attached hydrogens (tertiary/aromatic N) is 1. The van der Waals surface area contributed by atoms with Crippen LogP contribution in [0.5, 0.6) is 0 Å². The van der Waals surface area contributed by atoms with Crippen molar-refractivity contribution >= 4 is 36.4 Å². The molecule has 0 aromatic heterocycles. The molecule has 0 spiro atoms. The number of piperazine rings is 1. The van der Waals surface area contributed by atoms with E-state index >= 15 is 0 Å². The van der Waals surface area contributed by atoms with Gasteiger partial charge in [0.1, 0.15) is 5.82 Å². The molecule has 0 radical (unpaired) electrons. The van der Waals surface area contributed by atoms with Crippen LogP contribution in [0.2, 0.25) is 5.02 Å². The van der Waals surface area contributed by atoms with E-state index < -0.39 is 0 Å². The third-order valence-corrected chi connectivity index (χ3v) is 3.96. The maximum atomic E-state index is 14.3. The van der Waals surface area contributed by atoms with E-state index in [9.17, 15) is 4.39 Å². The highest BCUT2D eigenvalue weighted by molar-refractivity contribution is 6.31. The van der Waals surface area contributed by atoms with E-state index in [1.54, 1.807) is 19.1 Å². The highest BCUT2D eigenvalue weighted by atomic mass is 35.5. The fraction of sp³-hybridized carbons (Fsp3) is 0.571. The Hall–Kier alpha value is -0.0600. The van der Waals surface area contributed by atoms with E-state index in [4.69, 9.17) is 11.6 Å². The largest absolute Gasteiger partial charge is 0.314 e. The molecule has 1 aromatic carbocycles. The smallest absolute Gasteiger partial charge is 0.132 e. The molecule has 2 nitrogen and oxygen atoms in total. The van der Waals surface area contributed by atoms with Gasteiger partial charge >= 0.3 is 0 Å². The van der Waals surface area contributed by atoms with E-state index in [1.807, 2.05) is 0 Å². The zero-order chi connectivity index (χ0) is 13.1. The molecule has 1 N–H and O–H groups in total. The van der Waals surface area contributed by atoms with Gasteiger partial charge in [-0.1, -0.05) is 24.6 Å². The summed E-state index contributed by atoms with van der Waals surface area (Å²) in [6, 6.07) is 3.63. The van der Waals surface area contributed by atoms with Crippen molar-refractivity contribution in [2.75, 3.05) is 26.2 Å². The summed E-state index contributed by atoms with van der Waals surface area (Å²) in [4.78, 5) is 2.32. The van der Waals surface area contributed by atoms with Gasteiger partial charge in [-0.2, -0.15) is 0 Å². The fourth-order valence-electron chi connectivity index (χ4n) is 2.62. The van der Waals surface area contributed by atoms with Gasteiger partial charge in [-0.25, -0.2) is 4.39 Å². The van der Waals surface area contributed by atoms with Crippen molar-refractivity contribution in [2.45, 2.75) is 26.3 Å². The summed E-state index contributed by atoms with van der Waals surface area (Å²) < 4.78 is 14.3. The summed E-state index contributed by atoms with van der Waals surface area (Å²) in [7, 11) is 0. The van der Waals surface area contributed by atoms with E-state index in [1.165, 1.54) is 0 Å². The lowest BCUT2D eigenvalue weighted by Crippen LogP contribution is -2.45. The molecule has 1 heterocycles. The average Bonchev–Trinajstić information content (AvgIpc) is 2.40. The van der Waals surface area contributed by atoms with Crippen LogP contribution in [0.3, 0.4) is 0 Å². The van der Waals surface area contributed by atoms with Gasteiger partial charge < -0.3 is 5.32 Å². The molecule has 0 saturated carbocycles. The Balaban J connectivity index is 0.00000180. The Labute approximate surface area is 137 Å². The van der Waals surface area contributed by atoms with Crippen molar-refractivity contribution in [1.82, 2.24) is 10.2 Å².